The Bertz CT molecular complexity index is 952. The zero-order chi connectivity index (χ0) is 16.6. The summed E-state index contributed by atoms with van der Waals surface area (Å²) in [6.07, 6.45) is 1.17. The van der Waals surface area contributed by atoms with Crippen molar-refractivity contribution in [2.45, 2.75) is 4.90 Å². The Morgan fingerprint density at radius 1 is 0.917 bits per heavy atom. The largest absolute Gasteiger partial charge is 1.00 e. The average Bonchev–Trinajstić information content (AvgIpc) is 2.52. The number of benzene rings is 2. The van der Waals surface area contributed by atoms with E-state index in [4.69, 9.17) is 4.55 Å². The Hall–Kier alpha value is -1.13. The number of carbonyl (C=O) groups excluding carboxylic acids is 2. The molecule has 0 spiro atoms. The van der Waals surface area contributed by atoms with Gasteiger partial charge in [0.1, 0.15) is 0 Å². The van der Waals surface area contributed by atoms with Crippen molar-refractivity contribution in [3.05, 3.63) is 65.7 Å². The van der Waals surface area contributed by atoms with Crippen LogP contribution < -0.4 is 56.7 Å². The minimum absolute atomic E-state index is 0. The summed E-state index contributed by atoms with van der Waals surface area (Å²) in [4.78, 5) is 23.4. The molecule has 0 bridgehead atoms. The Balaban J connectivity index is 0.00000208. The second-order valence-electron chi connectivity index (χ2n) is 4.92. The molecule has 1 aliphatic rings. The molecule has 1 aliphatic carbocycles. The van der Waals surface area contributed by atoms with Gasteiger partial charge >= 0.3 is 51.4 Å². The average molecular weight is 368 g/mol. The zero-order valence-electron chi connectivity index (χ0n) is 12.7. The van der Waals surface area contributed by atoms with E-state index in [-0.39, 0.29) is 56.9 Å². The number of Topliss-reactive ketones (excluding diaryl/α,β-unsaturated/α-hetero) is 1. The molecule has 3 rings (SSSR count). The fraction of sp³-hybridized carbons (Fsp3) is 0. The first-order chi connectivity index (χ1) is 10.9. The number of hydrogen-bond donors (Lipinski definition) is 2. The van der Waals surface area contributed by atoms with Gasteiger partial charge in [-0.15, -0.1) is 0 Å². The molecule has 0 aromatic heterocycles. The molecule has 0 heterocycles. The number of ketones is 2. The van der Waals surface area contributed by atoms with Crippen molar-refractivity contribution in [1.82, 2.24) is 0 Å². The van der Waals surface area contributed by atoms with Gasteiger partial charge in [-0.05, 0) is 24.3 Å². The molecule has 6 nitrogen and oxygen atoms in total. The first kappa shape index (κ1) is 19.2. The van der Waals surface area contributed by atoms with Crippen LogP contribution in [-0.4, -0.2) is 24.5 Å². The summed E-state index contributed by atoms with van der Waals surface area (Å²) in [6.45, 7) is 0. The number of hydrogen-bond acceptors (Lipinski definition) is 5. The molecule has 0 saturated heterocycles. The molecule has 2 aromatic rings. The van der Waals surface area contributed by atoms with Crippen molar-refractivity contribution in [3.8, 4) is 0 Å². The van der Waals surface area contributed by atoms with Crippen LogP contribution >= 0.6 is 0 Å². The van der Waals surface area contributed by atoms with E-state index in [1.165, 1.54) is 18.2 Å². The molecule has 0 atom stereocenters. The summed E-state index contributed by atoms with van der Waals surface area (Å²) in [5.74, 6) is -1.58. The topological polar surface area (TPSA) is 101 Å². The van der Waals surface area contributed by atoms with Crippen molar-refractivity contribution in [1.29, 1.82) is 0 Å². The molecule has 0 radical (unpaired) electrons. The van der Waals surface area contributed by atoms with Crippen LogP contribution in [-0.2, 0) is 14.9 Å². The molecular formula is C16H11KNO5S+. The van der Waals surface area contributed by atoms with E-state index in [1.807, 2.05) is 6.07 Å². The van der Waals surface area contributed by atoms with Gasteiger partial charge in [0.2, 0.25) is 11.6 Å². The molecule has 0 saturated carbocycles. The number of nitrogens with one attached hydrogen (secondary N) is 1. The van der Waals surface area contributed by atoms with Gasteiger partial charge in [0.05, 0.1) is 10.6 Å². The fourth-order valence-corrected chi connectivity index (χ4v) is 2.80. The number of allylic oxidation sites excluding steroid dienone is 1. The van der Waals surface area contributed by atoms with Crippen LogP contribution in [0.4, 0.5) is 5.69 Å². The Kier molecular flexibility index (Phi) is 5.92. The molecule has 0 fully saturated rings. The van der Waals surface area contributed by atoms with E-state index in [2.05, 4.69) is 5.32 Å². The van der Waals surface area contributed by atoms with Gasteiger partial charge in [0.25, 0.3) is 10.1 Å². The molecule has 0 amide bonds. The van der Waals surface area contributed by atoms with E-state index >= 15 is 0 Å². The minimum Gasteiger partial charge on any atom is -0.355 e. The van der Waals surface area contributed by atoms with E-state index < -0.39 is 26.6 Å². The number of para-hydroxylation sites is 1. The number of carbonyl (C=O) groups is 2. The van der Waals surface area contributed by atoms with Crippen molar-refractivity contribution >= 4 is 33.1 Å². The van der Waals surface area contributed by atoms with Crippen LogP contribution in [0.1, 0.15) is 15.9 Å². The third-order valence-electron chi connectivity index (χ3n) is 3.38. The van der Waals surface area contributed by atoms with Gasteiger partial charge in [-0.1, -0.05) is 24.3 Å². The summed E-state index contributed by atoms with van der Waals surface area (Å²) < 4.78 is 31.5. The molecule has 116 valence electrons. The van der Waals surface area contributed by atoms with Gasteiger partial charge in [0, 0.05) is 22.9 Å². The number of fused-ring (bicyclic) bond motifs is 1. The summed E-state index contributed by atoms with van der Waals surface area (Å²) >= 11 is 0. The molecule has 2 aromatic carbocycles. The molecule has 8 heteroatoms. The smallest absolute Gasteiger partial charge is 0.355 e. The summed E-state index contributed by atoms with van der Waals surface area (Å²) in [6, 6.07) is 12.6. The predicted octanol–water partition coefficient (Wildman–Crippen LogP) is -0.844. The fourth-order valence-electron chi connectivity index (χ4n) is 2.29. The van der Waals surface area contributed by atoms with E-state index in [0.29, 0.717) is 16.9 Å². The molecule has 0 unspecified atom stereocenters. The maximum atomic E-state index is 12.0. The minimum atomic E-state index is -4.46. The van der Waals surface area contributed by atoms with Gasteiger partial charge < -0.3 is 5.32 Å². The van der Waals surface area contributed by atoms with E-state index in [9.17, 15) is 18.0 Å². The van der Waals surface area contributed by atoms with Crippen LogP contribution in [0.3, 0.4) is 0 Å². The first-order valence-electron chi connectivity index (χ1n) is 6.60. The van der Waals surface area contributed by atoms with E-state index in [1.54, 1.807) is 24.3 Å². The Labute approximate surface area is 181 Å². The second kappa shape index (κ2) is 7.40. The van der Waals surface area contributed by atoms with Crippen molar-refractivity contribution in [2.24, 2.45) is 0 Å². The van der Waals surface area contributed by atoms with Crippen LogP contribution in [0.15, 0.2) is 59.5 Å². The third kappa shape index (κ3) is 3.91. The van der Waals surface area contributed by atoms with Crippen molar-refractivity contribution in [2.75, 3.05) is 5.32 Å². The van der Waals surface area contributed by atoms with Gasteiger partial charge in [-0.3, -0.25) is 14.1 Å². The second-order valence-corrected chi connectivity index (χ2v) is 6.35. The normalized spacial score (nSPS) is 13.6. The number of rotatable bonds is 3. The predicted molar refractivity (Wildman–Crippen MR) is 83.6 cm³/mol. The summed E-state index contributed by atoms with van der Waals surface area (Å²) in [7, 11) is -4.46. The number of anilines is 1. The molecular weight excluding hydrogens is 357 g/mol. The van der Waals surface area contributed by atoms with Crippen LogP contribution in [0.2, 0.25) is 0 Å². The summed E-state index contributed by atoms with van der Waals surface area (Å²) in [5.41, 5.74) is 1.43. The Morgan fingerprint density at radius 3 is 2.21 bits per heavy atom. The van der Waals surface area contributed by atoms with Gasteiger partial charge in [0.15, 0.2) is 0 Å². The summed E-state index contributed by atoms with van der Waals surface area (Å²) in [5, 5.41) is 3.02. The first-order valence-corrected chi connectivity index (χ1v) is 8.04. The van der Waals surface area contributed by atoms with Crippen LogP contribution in [0, 0.1) is 0 Å². The standard InChI is InChI=1S/C16H11NO5S.K/c18-15-9-14(17-10-4-2-1-3-5-10)12-7-6-11(23(20,21)22)8-13(12)16(15)19;/h1-9,17H,(H,20,21,22);/q;+1. The third-order valence-corrected chi connectivity index (χ3v) is 4.23. The van der Waals surface area contributed by atoms with Crippen LogP contribution in [0.5, 0.6) is 0 Å². The molecule has 0 aliphatic heterocycles. The van der Waals surface area contributed by atoms with Gasteiger partial charge in [-0.2, -0.15) is 8.42 Å². The van der Waals surface area contributed by atoms with Crippen molar-refractivity contribution in [3.63, 3.8) is 0 Å². The van der Waals surface area contributed by atoms with Crippen LogP contribution in [0.25, 0.3) is 5.70 Å². The molecule has 2 N–H and O–H groups in total. The van der Waals surface area contributed by atoms with Gasteiger partial charge in [-0.25, -0.2) is 0 Å². The molecule has 24 heavy (non-hydrogen) atoms. The SMILES string of the molecule is O=C1C=C(Nc2ccccc2)c2ccc(S(=O)(=O)O)cc2C1=O.[K+]. The monoisotopic (exact) mass is 368 g/mol. The van der Waals surface area contributed by atoms with Crippen molar-refractivity contribution < 1.29 is 73.9 Å². The maximum Gasteiger partial charge on any atom is 1.00 e. The quantitative estimate of drug-likeness (QED) is 0.416. The Morgan fingerprint density at radius 2 is 1.58 bits per heavy atom. The van der Waals surface area contributed by atoms with E-state index in [0.717, 1.165) is 6.07 Å². The zero-order valence-corrected chi connectivity index (χ0v) is 16.6. The maximum absolute atomic E-state index is 12.0.